The van der Waals surface area contributed by atoms with Gasteiger partial charge in [-0.3, -0.25) is 19.7 Å². The molecule has 0 saturated heterocycles. The maximum absolute atomic E-state index is 13.0. The molecular formula is C27H22N4O5. The lowest BCUT2D eigenvalue weighted by molar-refractivity contribution is -0.384. The molecule has 0 aliphatic heterocycles. The molecule has 0 aliphatic carbocycles. The molecule has 9 heteroatoms. The van der Waals surface area contributed by atoms with Gasteiger partial charge in [0.1, 0.15) is 11.5 Å². The van der Waals surface area contributed by atoms with Gasteiger partial charge in [0.05, 0.1) is 23.6 Å². The van der Waals surface area contributed by atoms with Crippen molar-refractivity contribution in [1.29, 1.82) is 0 Å². The number of furan rings is 1. The van der Waals surface area contributed by atoms with E-state index in [1.54, 1.807) is 24.3 Å². The lowest BCUT2D eigenvalue weighted by atomic mass is 9.90. The Hall–Kier alpha value is -5.05. The van der Waals surface area contributed by atoms with Gasteiger partial charge in [0.2, 0.25) is 5.91 Å². The predicted octanol–water partition coefficient (Wildman–Crippen LogP) is 4.25. The molecule has 4 aromatic rings. The topological polar surface area (TPSA) is 127 Å². The van der Waals surface area contributed by atoms with E-state index >= 15 is 0 Å². The largest absolute Gasteiger partial charge is 0.455 e. The number of nitro groups is 1. The van der Waals surface area contributed by atoms with Gasteiger partial charge in [0.25, 0.3) is 11.6 Å². The van der Waals surface area contributed by atoms with Crippen molar-refractivity contribution in [2.75, 3.05) is 6.54 Å². The first-order valence-corrected chi connectivity index (χ1v) is 11.1. The van der Waals surface area contributed by atoms with Crippen LogP contribution in [0.15, 0.2) is 107 Å². The Labute approximate surface area is 206 Å². The van der Waals surface area contributed by atoms with Crippen LogP contribution >= 0.6 is 0 Å². The number of nitro benzene ring substituents is 1. The molecule has 0 bridgehead atoms. The van der Waals surface area contributed by atoms with Crippen LogP contribution in [0.3, 0.4) is 0 Å². The van der Waals surface area contributed by atoms with Crippen LogP contribution in [0.1, 0.15) is 22.8 Å². The Balaban J connectivity index is 1.32. The fraction of sp³-hybridized carbons (Fsp3) is 0.0741. The smallest absolute Gasteiger partial charge is 0.269 e. The third-order valence-electron chi connectivity index (χ3n) is 5.32. The van der Waals surface area contributed by atoms with E-state index in [9.17, 15) is 19.7 Å². The Kier molecular flexibility index (Phi) is 7.62. The molecule has 0 saturated carbocycles. The minimum absolute atomic E-state index is 0.0132. The maximum Gasteiger partial charge on any atom is 0.269 e. The first-order chi connectivity index (χ1) is 17.5. The van der Waals surface area contributed by atoms with Crippen LogP contribution < -0.4 is 10.7 Å². The van der Waals surface area contributed by atoms with Crippen molar-refractivity contribution >= 4 is 23.7 Å². The molecule has 1 aromatic heterocycles. The summed E-state index contributed by atoms with van der Waals surface area (Å²) >= 11 is 0. The SMILES string of the molecule is O=C(CNC(=O)C(c1ccccc1)c1ccccc1)N/N=C/c1ccc(-c2ccc([N+](=O)[O-])cc2)o1. The molecule has 2 amide bonds. The van der Waals surface area contributed by atoms with Crippen LogP contribution in [0, 0.1) is 10.1 Å². The van der Waals surface area contributed by atoms with Gasteiger partial charge in [0.15, 0.2) is 0 Å². The monoisotopic (exact) mass is 482 g/mol. The number of carbonyl (C=O) groups is 2. The van der Waals surface area contributed by atoms with E-state index in [-0.39, 0.29) is 18.1 Å². The Morgan fingerprint density at radius 2 is 1.50 bits per heavy atom. The Morgan fingerprint density at radius 3 is 2.08 bits per heavy atom. The van der Waals surface area contributed by atoms with Crippen molar-refractivity contribution in [3.63, 3.8) is 0 Å². The molecule has 0 radical (unpaired) electrons. The van der Waals surface area contributed by atoms with Gasteiger partial charge in [0, 0.05) is 17.7 Å². The summed E-state index contributed by atoms with van der Waals surface area (Å²) in [6.45, 7) is -0.251. The van der Waals surface area contributed by atoms with E-state index in [0.717, 1.165) is 11.1 Å². The number of benzene rings is 3. The van der Waals surface area contributed by atoms with Crippen LogP contribution in [0.25, 0.3) is 11.3 Å². The average Bonchev–Trinajstić information content (AvgIpc) is 3.38. The van der Waals surface area contributed by atoms with Crippen molar-refractivity contribution in [2.24, 2.45) is 5.10 Å². The zero-order chi connectivity index (χ0) is 25.3. The van der Waals surface area contributed by atoms with Crippen LogP contribution in [-0.4, -0.2) is 29.5 Å². The molecule has 0 aliphatic rings. The summed E-state index contributed by atoms with van der Waals surface area (Å²) < 4.78 is 5.64. The number of hydrogen-bond acceptors (Lipinski definition) is 6. The Bertz CT molecular complexity index is 1330. The van der Waals surface area contributed by atoms with E-state index < -0.39 is 16.7 Å². The van der Waals surface area contributed by atoms with E-state index in [1.807, 2.05) is 60.7 Å². The summed E-state index contributed by atoms with van der Waals surface area (Å²) in [5.41, 5.74) is 4.65. The highest BCUT2D eigenvalue weighted by molar-refractivity contribution is 5.91. The van der Waals surface area contributed by atoms with E-state index in [2.05, 4.69) is 15.8 Å². The second-order valence-corrected chi connectivity index (χ2v) is 7.77. The third kappa shape index (κ3) is 6.09. The number of nitrogens with one attached hydrogen (secondary N) is 2. The van der Waals surface area contributed by atoms with Gasteiger partial charge in [-0.05, 0) is 35.4 Å². The summed E-state index contributed by atoms with van der Waals surface area (Å²) in [4.78, 5) is 35.5. The summed E-state index contributed by atoms with van der Waals surface area (Å²) in [6.07, 6.45) is 1.32. The zero-order valence-corrected chi connectivity index (χ0v) is 19.0. The van der Waals surface area contributed by atoms with Crippen molar-refractivity contribution in [3.05, 3.63) is 124 Å². The molecule has 2 N–H and O–H groups in total. The predicted molar refractivity (Wildman–Crippen MR) is 134 cm³/mol. The number of rotatable bonds is 9. The third-order valence-corrected chi connectivity index (χ3v) is 5.32. The lowest BCUT2D eigenvalue weighted by Gasteiger charge is -2.17. The van der Waals surface area contributed by atoms with E-state index in [0.29, 0.717) is 17.1 Å². The summed E-state index contributed by atoms with van der Waals surface area (Å²) in [7, 11) is 0. The van der Waals surface area contributed by atoms with E-state index in [1.165, 1.54) is 18.3 Å². The van der Waals surface area contributed by atoms with Crippen LogP contribution in [0.5, 0.6) is 0 Å². The molecule has 0 spiro atoms. The summed E-state index contributed by atoms with van der Waals surface area (Å²) in [6, 6.07) is 28.0. The molecule has 0 unspecified atom stereocenters. The minimum atomic E-state index is -0.551. The van der Waals surface area contributed by atoms with Gasteiger partial charge in [-0.1, -0.05) is 60.7 Å². The van der Waals surface area contributed by atoms with Gasteiger partial charge < -0.3 is 9.73 Å². The van der Waals surface area contributed by atoms with Crippen molar-refractivity contribution in [1.82, 2.24) is 10.7 Å². The van der Waals surface area contributed by atoms with Crippen LogP contribution in [0.2, 0.25) is 0 Å². The second kappa shape index (κ2) is 11.4. The normalized spacial score (nSPS) is 10.9. The molecule has 180 valence electrons. The highest BCUT2D eigenvalue weighted by atomic mass is 16.6. The van der Waals surface area contributed by atoms with Crippen molar-refractivity contribution < 1.29 is 18.9 Å². The summed E-state index contributed by atoms with van der Waals surface area (Å²) in [5.74, 6) is -0.477. The van der Waals surface area contributed by atoms with Crippen LogP contribution in [0.4, 0.5) is 5.69 Å². The van der Waals surface area contributed by atoms with Gasteiger partial charge >= 0.3 is 0 Å². The quantitative estimate of drug-likeness (QED) is 0.209. The first-order valence-electron chi connectivity index (χ1n) is 11.1. The Morgan fingerprint density at radius 1 is 0.889 bits per heavy atom. The number of hydrogen-bond donors (Lipinski definition) is 2. The lowest BCUT2D eigenvalue weighted by Crippen LogP contribution is -2.37. The molecular weight excluding hydrogens is 460 g/mol. The fourth-order valence-corrected chi connectivity index (χ4v) is 3.59. The number of amides is 2. The molecule has 1 heterocycles. The van der Waals surface area contributed by atoms with Crippen molar-refractivity contribution in [2.45, 2.75) is 5.92 Å². The first kappa shape index (κ1) is 24.1. The summed E-state index contributed by atoms with van der Waals surface area (Å²) in [5, 5.41) is 17.3. The van der Waals surface area contributed by atoms with Gasteiger partial charge in [-0.25, -0.2) is 5.43 Å². The molecule has 9 nitrogen and oxygen atoms in total. The molecule has 0 fully saturated rings. The van der Waals surface area contributed by atoms with Gasteiger partial charge in [-0.2, -0.15) is 5.10 Å². The molecule has 0 atom stereocenters. The highest BCUT2D eigenvalue weighted by Crippen LogP contribution is 2.25. The second-order valence-electron chi connectivity index (χ2n) is 7.77. The molecule has 4 rings (SSSR count). The zero-order valence-electron chi connectivity index (χ0n) is 19.0. The number of carbonyl (C=O) groups excluding carboxylic acids is 2. The molecule has 36 heavy (non-hydrogen) atoms. The van der Waals surface area contributed by atoms with Crippen LogP contribution in [-0.2, 0) is 9.59 Å². The van der Waals surface area contributed by atoms with Gasteiger partial charge in [-0.15, -0.1) is 0 Å². The fourth-order valence-electron chi connectivity index (χ4n) is 3.59. The highest BCUT2D eigenvalue weighted by Gasteiger charge is 2.22. The maximum atomic E-state index is 13.0. The average molecular weight is 482 g/mol. The number of nitrogens with zero attached hydrogens (tertiary/aromatic N) is 2. The minimum Gasteiger partial charge on any atom is -0.455 e. The van der Waals surface area contributed by atoms with E-state index in [4.69, 9.17) is 4.42 Å². The molecule has 3 aromatic carbocycles. The number of hydrazone groups is 1. The number of non-ortho nitro benzene ring substituents is 1. The standard InChI is InChI=1S/C27H22N4O5/c32-25(18-28-27(33)26(20-7-3-1-4-8-20)21-9-5-2-6-10-21)30-29-17-23-15-16-24(36-23)19-11-13-22(14-12-19)31(34)35/h1-17,26H,18H2,(H,28,33)(H,30,32)/b29-17+. The van der Waals surface area contributed by atoms with Crippen molar-refractivity contribution in [3.8, 4) is 11.3 Å².